The Balaban J connectivity index is 2.00. The van der Waals surface area contributed by atoms with Gasteiger partial charge in [-0.15, -0.1) is 5.10 Å². The van der Waals surface area contributed by atoms with E-state index in [4.69, 9.17) is 11.6 Å². The van der Waals surface area contributed by atoms with Crippen LogP contribution in [0.4, 0.5) is 4.39 Å². The van der Waals surface area contributed by atoms with Crippen LogP contribution in [0.15, 0.2) is 23.4 Å². The molecule has 19 heavy (non-hydrogen) atoms. The fourth-order valence-corrected chi connectivity index (χ4v) is 2.49. The predicted octanol–water partition coefficient (Wildman–Crippen LogP) is 1.98. The summed E-state index contributed by atoms with van der Waals surface area (Å²) in [7, 11) is 1.86. The Morgan fingerprint density at radius 1 is 1.47 bits per heavy atom. The first-order chi connectivity index (χ1) is 9.20. The lowest BCUT2D eigenvalue weighted by Gasteiger charge is -2.05. The molecular formula is C11H13ClFN5S. The maximum Gasteiger partial charge on any atom is 0.209 e. The van der Waals surface area contributed by atoms with Crippen LogP contribution >= 0.6 is 23.4 Å². The van der Waals surface area contributed by atoms with Crippen LogP contribution in [0.1, 0.15) is 5.56 Å². The molecule has 0 saturated heterocycles. The average molecular weight is 302 g/mol. The highest BCUT2D eigenvalue weighted by atomic mass is 35.5. The number of likely N-dealkylation sites (N-methyl/N-ethyl adjacent to an activating group) is 1. The van der Waals surface area contributed by atoms with Gasteiger partial charge in [0.2, 0.25) is 5.16 Å². The SMILES string of the molecule is CNCCn1nnnc1SCc1ccc(Cl)cc1F. The van der Waals surface area contributed by atoms with Gasteiger partial charge >= 0.3 is 0 Å². The summed E-state index contributed by atoms with van der Waals surface area (Å²) in [5, 5.41) is 15.5. The summed E-state index contributed by atoms with van der Waals surface area (Å²) in [5.41, 5.74) is 0.581. The number of tetrazole rings is 1. The van der Waals surface area contributed by atoms with Gasteiger partial charge in [-0.2, -0.15) is 0 Å². The van der Waals surface area contributed by atoms with Crippen molar-refractivity contribution in [3.05, 3.63) is 34.6 Å². The molecule has 0 amide bonds. The smallest absolute Gasteiger partial charge is 0.209 e. The standard InChI is InChI=1S/C11H13ClFN5S/c1-14-4-5-18-11(15-16-17-18)19-7-8-2-3-9(12)6-10(8)13/h2-3,6,14H,4-5,7H2,1H3. The van der Waals surface area contributed by atoms with Crippen LogP contribution in [-0.4, -0.2) is 33.8 Å². The highest BCUT2D eigenvalue weighted by Gasteiger charge is 2.09. The van der Waals surface area contributed by atoms with Gasteiger partial charge < -0.3 is 5.32 Å². The van der Waals surface area contributed by atoms with Crippen molar-refractivity contribution in [2.24, 2.45) is 0 Å². The molecule has 5 nitrogen and oxygen atoms in total. The van der Waals surface area contributed by atoms with Gasteiger partial charge in [0, 0.05) is 17.3 Å². The molecule has 1 N–H and O–H groups in total. The van der Waals surface area contributed by atoms with E-state index in [9.17, 15) is 4.39 Å². The zero-order chi connectivity index (χ0) is 13.7. The largest absolute Gasteiger partial charge is 0.318 e. The topological polar surface area (TPSA) is 55.6 Å². The zero-order valence-electron chi connectivity index (χ0n) is 10.3. The summed E-state index contributed by atoms with van der Waals surface area (Å²) in [6.07, 6.45) is 0. The zero-order valence-corrected chi connectivity index (χ0v) is 11.9. The van der Waals surface area contributed by atoms with Crippen molar-refractivity contribution < 1.29 is 4.39 Å². The van der Waals surface area contributed by atoms with E-state index in [-0.39, 0.29) is 5.82 Å². The third-order valence-electron chi connectivity index (χ3n) is 2.44. The fraction of sp³-hybridized carbons (Fsp3) is 0.364. The Morgan fingerprint density at radius 3 is 3.05 bits per heavy atom. The molecule has 102 valence electrons. The fourth-order valence-electron chi connectivity index (χ4n) is 1.44. The van der Waals surface area contributed by atoms with Gasteiger partial charge in [0.15, 0.2) is 0 Å². The van der Waals surface area contributed by atoms with Crippen molar-refractivity contribution in [1.82, 2.24) is 25.5 Å². The number of nitrogens with one attached hydrogen (secondary N) is 1. The quantitative estimate of drug-likeness (QED) is 0.827. The van der Waals surface area contributed by atoms with E-state index in [0.29, 0.717) is 28.0 Å². The molecule has 0 saturated carbocycles. The lowest BCUT2D eigenvalue weighted by atomic mass is 10.2. The second-order valence-corrected chi connectivity index (χ2v) is 5.19. The van der Waals surface area contributed by atoms with Crippen LogP contribution in [0.25, 0.3) is 0 Å². The normalized spacial score (nSPS) is 10.9. The average Bonchev–Trinajstić information content (AvgIpc) is 2.83. The molecule has 0 unspecified atom stereocenters. The number of hydrogen-bond donors (Lipinski definition) is 1. The number of thioether (sulfide) groups is 1. The van der Waals surface area contributed by atoms with Crippen LogP contribution in [-0.2, 0) is 12.3 Å². The lowest BCUT2D eigenvalue weighted by molar-refractivity contribution is 0.530. The minimum atomic E-state index is -0.311. The number of aromatic nitrogens is 4. The molecule has 8 heteroatoms. The van der Waals surface area contributed by atoms with Gasteiger partial charge in [0.25, 0.3) is 0 Å². The van der Waals surface area contributed by atoms with Crippen LogP contribution < -0.4 is 5.32 Å². The first-order valence-corrected chi connectivity index (χ1v) is 7.04. The highest BCUT2D eigenvalue weighted by molar-refractivity contribution is 7.98. The molecular weight excluding hydrogens is 289 g/mol. The summed E-state index contributed by atoms with van der Waals surface area (Å²) in [6.45, 7) is 1.45. The van der Waals surface area contributed by atoms with Crippen molar-refractivity contribution in [3.63, 3.8) is 0 Å². The second-order valence-electron chi connectivity index (χ2n) is 3.81. The monoisotopic (exact) mass is 301 g/mol. The van der Waals surface area contributed by atoms with Gasteiger partial charge in [0.1, 0.15) is 5.82 Å². The maximum atomic E-state index is 13.6. The van der Waals surface area contributed by atoms with Crippen molar-refractivity contribution in [2.45, 2.75) is 17.5 Å². The first kappa shape index (κ1) is 14.2. The number of halogens is 2. The molecule has 0 radical (unpaired) electrons. The summed E-state index contributed by atoms with van der Waals surface area (Å²) >= 11 is 7.10. The Kier molecular flexibility index (Phi) is 5.12. The third-order valence-corrected chi connectivity index (χ3v) is 3.69. The van der Waals surface area contributed by atoms with Crippen molar-refractivity contribution in [1.29, 1.82) is 0 Å². The van der Waals surface area contributed by atoms with Crippen LogP contribution in [0.3, 0.4) is 0 Å². The van der Waals surface area contributed by atoms with E-state index < -0.39 is 0 Å². The minimum absolute atomic E-state index is 0.311. The highest BCUT2D eigenvalue weighted by Crippen LogP contribution is 2.23. The van der Waals surface area contributed by atoms with Crippen LogP contribution in [0, 0.1) is 5.82 Å². The van der Waals surface area contributed by atoms with E-state index in [2.05, 4.69) is 20.8 Å². The predicted molar refractivity (Wildman–Crippen MR) is 72.7 cm³/mol. The molecule has 2 rings (SSSR count). The number of rotatable bonds is 6. The Labute approximate surface area is 119 Å². The van der Waals surface area contributed by atoms with E-state index in [0.717, 1.165) is 6.54 Å². The Bertz CT molecular complexity index is 548. The summed E-state index contributed by atoms with van der Waals surface area (Å²) in [5.74, 6) is 0.150. The van der Waals surface area contributed by atoms with E-state index in [1.165, 1.54) is 17.8 Å². The number of benzene rings is 1. The van der Waals surface area contributed by atoms with Gasteiger partial charge in [0.05, 0.1) is 6.54 Å². The number of nitrogens with zero attached hydrogens (tertiary/aromatic N) is 4. The molecule has 0 atom stereocenters. The Morgan fingerprint density at radius 2 is 2.32 bits per heavy atom. The van der Waals surface area contributed by atoms with Crippen molar-refractivity contribution in [3.8, 4) is 0 Å². The molecule has 0 aliphatic rings. The minimum Gasteiger partial charge on any atom is -0.318 e. The van der Waals surface area contributed by atoms with Crippen molar-refractivity contribution in [2.75, 3.05) is 13.6 Å². The molecule has 0 spiro atoms. The summed E-state index contributed by atoms with van der Waals surface area (Å²) in [4.78, 5) is 0. The lowest BCUT2D eigenvalue weighted by Crippen LogP contribution is -2.16. The van der Waals surface area contributed by atoms with Crippen molar-refractivity contribution >= 4 is 23.4 Å². The summed E-state index contributed by atoms with van der Waals surface area (Å²) < 4.78 is 15.3. The molecule has 0 fully saturated rings. The molecule has 1 aromatic heterocycles. The van der Waals surface area contributed by atoms with Gasteiger partial charge in [-0.1, -0.05) is 29.4 Å². The van der Waals surface area contributed by atoms with Crippen LogP contribution in [0.2, 0.25) is 5.02 Å². The molecule has 2 aromatic rings. The molecule has 0 aliphatic carbocycles. The van der Waals surface area contributed by atoms with Gasteiger partial charge in [-0.05, 0) is 35.2 Å². The molecule has 0 aliphatic heterocycles. The second kappa shape index (κ2) is 6.83. The Hall–Kier alpha value is -1.18. The van der Waals surface area contributed by atoms with Crippen LogP contribution in [0.5, 0.6) is 0 Å². The van der Waals surface area contributed by atoms with Gasteiger partial charge in [-0.25, -0.2) is 9.07 Å². The molecule has 1 heterocycles. The number of hydrogen-bond acceptors (Lipinski definition) is 5. The van der Waals surface area contributed by atoms with E-state index >= 15 is 0 Å². The summed E-state index contributed by atoms with van der Waals surface area (Å²) in [6, 6.07) is 4.65. The molecule has 0 bridgehead atoms. The maximum absolute atomic E-state index is 13.6. The van der Waals surface area contributed by atoms with E-state index in [1.807, 2.05) is 7.05 Å². The molecule has 1 aromatic carbocycles. The van der Waals surface area contributed by atoms with Gasteiger partial charge in [-0.3, -0.25) is 0 Å². The first-order valence-electron chi connectivity index (χ1n) is 5.68. The third kappa shape index (κ3) is 3.89. The van der Waals surface area contributed by atoms with E-state index in [1.54, 1.807) is 16.8 Å².